The molecule has 140 valence electrons. The highest BCUT2D eigenvalue weighted by atomic mass is 35.5. The molecule has 0 saturated heterocycles. The lowest BCUT2D eigenvalue weighted by Gasteiger charge is -2.32. The van der Waals surface area contributed by atoms with Crippen LogP contribution in [-0.4, -0.2) is 25.0 Å². The van der Waals surface area contributed by atoms with E-state index in [-0.39, 0.29) is 6.04 Å². The molecule has 6 nitrogen and oxygen atoms in total. The molecule has 0 spiro atoms. The van der Waals surface area contributed by atoms with Crippen LogP contribution in [0.3, 0.4) is 0 Å². The van der Waals surface area contributed by atoms with Gasteiger partial charge in [-0.15, -0.1) is 0 Å². The van der Waals surface area contributed by atoms with Gasteiger partial charge in [0.05, 0.1) is 23.8 Å². The molecule has 1 atom stereocenters. The molecular weight excluding hydrogens is 374 g/mol. The quantitative estimate of drug-likeness (QED) is 0.557. The van der Waals surface area contributed by atoms with E-state index in [4.69, 9.17) is 16.1 Å². The zero-order chi connectivity index (χ0) is 18.9. The SMILES string of the molecule is Clc1ccc(-c2noc(C3Cc4nc[nH]c4CN3Cc3ccccc3)n2)cc1. The molecule has 1 aliphatic heterocycles. The van der Waals surface area contributed by atoms with E-state index in [1.165, 1.54) is 5.56 Å². The van der Waals surface area contributed by atoms with Crippen molar-refractivity contribution in [1.82, 2.24) is 25.0 Å². The topological polar surface area (TPSA) is 70.8 Å². The highest BCUT2D eigenvalue weighted by Crippen LogP contribution is 2.33. The third-order valence-corrected chi connectivity index (χ3v) is 5.31. The number of fused-ring (bicyclic) bond motifs is 1. The number of imidazole rings is 1. The highest BCUT2D eigenvalue weighted by molar-refractivity contribution is 6.30. The van der Waals surface area contributed by atoms with Crippen molar-refractivity contribution in [2.45, 2.75) is 25.6 Å². The standard InChI is InChI=1S/C21H18ClN5O/c22-16-8-6-15(7-9-16)20-25-21(28-26-20)19-10-17-18(24-13-23-17)12-27(19)11-14-4-2-1-3-5-14/h1-9,13,19H,10-12H2,(H,23,24). The molecule has 2 aromatic carbocycles. The van der Waals surface area contributed by atoms with Crippen molar-refractivity contribution < 1.29 is 4.52 Å². The molecular formula is C21H18ClN5O. The second kappa shape index (κ2) is 7.22. The lowest BCUT2D eigenvalue weighted by Crippen LogP contribution is -2.34. The highest BCUT2D eigenvalue weighted by Gasteiger charge is 2.33. The van der Waals surface area contributed by atoms with Gasteiger partial charge in [0.1, 0.15) is 0 Å². The summed E-state index contributed by atoms with van der Waals surface area (Å²) in [5, 5.41) is 4.87. The van der Waals surface area contributed by atoms with E-state index < -0.39 is 0 Å². The molecule has 1 N–H and O–H groups in total. The van der Waals surface area contributed by atoms with Gasteiger partial charge in [0.15, 0.2) is 0 Å². The van der Waals surface area contributed by atoms with Crippen LogP contribution in [0.25, 0.3) is 11.4 Å². The van der Waals surface area contributed by atoms with Crippen molar-refractivity contribution in [3.05, 3.63) is 88.8 Å². The number of benzene rings is 2. The zero-order valence-corrected chi connectivity index (χ0v) is 15.8. The summed E-state index contributed by atoms with van der Waals surface area (Å²) < 4.78 is 5.67. The Bertz CT molecular complexity index is 1070. The van der Waals surface area contributed by atoms with E-state index in [1.807, 2.05) is 30.3 Å². The number of nitrogens with zero attached hydrogens (tertiary/aromatic N) is 4. The van der Waals surface area contributed by atoms with E-state index in [0.717, 1.165) is 36.5 Å². The first-order valence-electron chi connectivity index (χ1n) is 9.15. The van der Waals surface area contributed by atoms with E-state index in [2.05, 4.69) is 49.3 Å². The Balaban J connectivity index is 1.46. The van der Waals surface area contributed by atoms with Crippen LogP contribution in [0.4, 0.5) is 0 Å². The summed E-state index contributed by atoms with van der Waals surface area (Å²) in [5.41, 5.74) is 4.32. The van der Waals surface area contributed by atoms with E-state index >= 15 is 0 Å². The average Bonchev–Trinajstić information content (AvgIpc) is 3.38. The van der Waals surface area contributed by atoms with Gasteiger partial charge in [0.25, 0.3) is 0 Å². The van der Waals surface area contributed by atoms with Crippen LogP contribution in [0, 0.1) is 0 Å². The second-order valence-corrected chi connectivity index (χ2v) is 7.34. The lowest BCUT2D eigenvalue weighted by atomic mass is 10.0. The van der Waals surface area contributed by atoms with E-state index in [0.29, 0.717) is 16.7 Å². The van der Waals surface area contributed by atoms with Crippen molar-refractivity contribution in [1.29, 1.82) is 0 Å². The first-order valence-corrected chi connectivity index (χ1v) is 9.53. The van der Waals surface area contributed by atoms with Crippen molar-refractivity contribution >= 4 is 11.6 Å². The number of aromatic nitrogens is 4. The first kappa shape index (κ1) is 17.2. The molecule has 0 bridgehead atoms. The molecule has 0 saturated carbocycles. The van der Waals surface area contributed by atoms with Crippen LogP contribution in [-0.2, 0) is 19.5 Å². The Labute approximate surface area is 167 Å². The maximum atomic E-state index is 5.98. The molecule has 0 aliphatic carbocycles. The van der Waals surface area contributed by atoms with E-state index in [9.17, 15) is 0 Å². The van der Waals surface area contributed by atoms with Crippen molar-refractivity contribution in [3.63, 3.8) is 0 Å². The molecule has 3 heterocycles. The molecule has 28 heavy (non-hydrogen) atoms. The summed E-state index contributed by atoms with van der Waals surface area (Å²) in [6.07, 6.45) is 2.48. The number of hydrogen-bond donors (Lipinski definition) is 1. The van der Waals surface area contributed by atoms with Gasteiger partial charge in [-0.25, -0.2) is 4.98 Å². The predicted octanol–water partition coefficient (Wildman–Crippen LogP) is 4.41. The van der Waals surface area contributed by atoms with Crippen LogP contribution >= 0.6 is 11.6 Å². The van der Waals surface area contributed by atoms with Gasteiger partial charge in [-0.2, -0.15) is 4.98 Å². The third-order valence-electron chi connectivity index (χ3n) is 5.05. The van der Waals surface area contributed by atoms with E-state index in [1.54, 1.807) is 6.33 Å². The number of aromatic amines is 1. The van der Waals surface area contributed by atoms with Gasteiger partial charge in [-0.3, -0.25) is 4.90 Å². The van der Waals surface area contributed by atoms with Crippen molar-refractivity contribution in [2.75, 3.05) is 0 Å². The summed E-state index contributed by atoms with van der Waals surface area (Å²) in [4.78, 5) is 14.7. The lowest BCUT2D eigenvalue weighted by molar-refractivity contribution is 0.128. The summed E-state index contributed by atoms with van der Waals surface area (Å²) in [7, 11) is 0. The summed E-state index contributed by atoms with van der Waals surface area (Å²) in [6, 6.07) is 17.8. The fourth-order valence-electron chi connectivity index (χ4n) is 3.60. The van der Waals surface area contributed by atoms with Gasteiger partial charge in [-0.1, -0.05) is 47.1 Å². The smallest absolute Gasteiger partial charge is 0.244 e. The maximum Gasteiger partial charge on any atom is 0.244 e. The average molecular weight is 392 g/mol. The summed E-state index contributed by atoms with van der Waals surface area (Å²) in [6.45, 7) is 1.55. The summed E-state index contributed by atoms with van der Waals surface area (Å²) in [5.74, 6) is 1.17. The first-order chi connectivity index (χ1) is 13.8. The molecule has 0 radical (unpaired) electrons. The van der Waals surface area contributed by atoms with Crippen LogP contribution in [0.15, 0.2) is 65.4 Å². The maximum absolute atomic E-state index is 5.98. The minimum atomic E-state index is -0.0236. The number of hydrogen-bond acceptors (Lipinski definition) is 5. The Morgan fingerprint density at radius 1 is 1.11 bits per heavy atom. The zero-order valence-electron chi connectivity index (χ0n) is 15.0. The fourth-order valence-corrected chi connectivity index (χ4v) is 3.73. The normalized spacial score (nSPS) is 16.8. The van der Waals surface area contributed by atoms with Gasteiger partial charge in [-0.05, 0) is 29.8 Å². The third kappa shape index (κ3) is 3.32. The number of halogens is 1. The summed E-state index contributed by atoms with van der Waals surface area (Å²) >= 11 is 5.98. The number of nitrogens with one attached hydrogen (secondary N) is 1. The Hall–Kier alpha value is -2.96. The van der Waals surface area contributed by atoms with Crippen molar-refractivity contribution in [2.24, 2.45) is 0 Å². The minimum absolute atomic E-state index is 0.0236. The Morgan fingerprint density at radius 3 is 2.75 bits per heavy atom. The van der Waals surface area contributed by atoms with Crippen molar-refractivity contribution in [3.8, 4) is 11.4 Å². The second-order valence-electron chi connectivity index (χ2n) is 6.90. The molecule has 0 amide bonds. The van der Waals surface area contributed by atoms with Gasteiger partial charge < -0.3 is 9.51 Å². The van der Waals surface area contributed by atoms with Gasteiger partial charge in [0, 0.05) is 30.1 Å². The molecule has 2 aromatic heterocycles. The molecule has 4 aromatic rings. The van der Waals surface area contributed by atoms with Crippen LogP contribution in [0.5, 0.6) is 0 Å². The van der Waals surface area contributed by atoms with Crippen LogP contribution < -0.4 is 0 Å². The fraction of sp³-hybridized carbons (Fsp3) is 0.190. The van der Waals surface area contributed by atoms with Crippen LogP contribution in [0.1, 0.15) is 28.9 Å². The Kier molecular flexibility index (Phi) is 4.43. The van der Waals surface area contributed by atoms with Gasteiger partial charge >= 0.3 is 0 Å². The Morgan fingerprint density at radius 2 is 1.93 bits per heavy atom. The van der Waals surface area contributed by atoms with Gasteiger partial charge in [0.2, 0.25) is 11.7 Å². The molecule has 7 heteroatoms. The largest absolute Gasteiger partial charge is 0.347 e. The minimum Gasteiger partial charge on any atom is -0.347 e. The number of H-pyrrole nitrogens is 1. The monoisotopic (exact) mass is 391 g/mol. The molecule has 1 unspecified atom stereocenters. The predicted molar refractivity (Wildman–Crippen MR) is 105 cm³/mol. The molecule has 0 fully saturated rings. The molecule has 1 aliphatic rings. The molecule has 5 rings (SSSR count). The number of rotatable bonds is 4. The van der Waals surface area contributed by atoms with Crippen LogP contribution in [0.2, 0.25) is 5.02 Å².